The van der Waals surface area contributed by atoms with Crippen LogP contribution in [0.3, 0.4) is 0 Å². The van der Waals surface area contributed by atoms with E-state index in [1.165, 1.54) is 11.8 Å². The van der Waals surface area contributed by atoms with Crippen molar-refractivity contribution in [2.24, 2.45) is 29.4 Å². The van der Waals surface area contributed by atoms with Gasteiger partial charge in [-0.3, -0.25) is 28.8 Å². The minimum atomic E-state index is -0.927. The monoisotopic (exact) mass is 1110 g/mol. The Morgan fingerprint density at radius 2 is 1.63 bits per heavy atom. The molecule has 0 aromatic heterocycles. The van der Waals surface area contributed by atoms with Crippen molar-refractivity contribution in [3.63, 3.8) is 0 Å². The molecule has 1 aromatic rings. The normalized spacial score (nSPS) is 23.9. The van der Waals surface area contributed by atoms with Crippen molar-refractivity contribution in [1.82, 2.24) is 21.3 Å². The SMILES string of the molecule is CSCC(=O)CCCCCCC(=O)N[C@H](C(=O)C[C@@H](CCCNC(N)=O)C(=O)Nc1ccc(COC(=O)NCC(=O)C[C@@H]2C[C@@]3(CO3)[C@H](O)[C@@H](/C=C/C(C)=C/C[C@@H]3O[C@H](C)[C@H](NC(=O)/C=C\C(C)C)C[C@@H]3C)O2)cc1)C(C)C. The van der Waals surface area contributed by atoms with Gasteiger partial charge in [0.25, 0.3) is 0 Å². The molecule has 4 rings (SSSR count). The maximum absolute atomic E-state index is 13.7. The van der Waals surface area contributed by atoms with Gasteiger partial charge in [0.1, 0.15) is 30.2 Å². The number of benzene rings is 1. The van der Waals surface area contributed by atoms with Crippen molar-refractivity contribution in [2.45, 2.75) is 187 Å². The Kier molecular flexibility index (Phi) is 27.7. The van der Waals surface area contributed by atoms with Gasteiger partial charge in [-0.15, -0.1) is 0 Å². The summed E-state index contributed by atoms with van der Waals surface area (Å²) in [5.74, 6) is -1.18. The number of epoxide rings is 1. The number of allylic oxidation sites excluding steroid dienone is 3. The zero-order chi connectivity index (χ0) is 57.4. The third-order valence-electron chi connectivity index (χ3n) is 14.3. The number of unbranched alkanes of at least 4 members (excludes halogenated alkanes) is 3. The summed E-state index contributed by atoms with van der Waals surface area (Å²) in [5.41, 5.74) is 6.39. The van der Waals surface area contributed by atoms with Crippen molar-refractivity contribution in [1.29, 1.82) is 0 Å². The second kappa shape index (κ2) is 33.2. The van der Waals surface area contributed by atoms with Crippen LogP contribution in [0.2, 0.25) is 0 Å². The van der Waals surface area contributed by atoms with Crippen LogP contribution in [-0.4, -0.2) is 132 Å². The van der Waals surface area contributed by atoms with Crippen molar-refractivity contribution in [3.8, 4) is 0 Å². The van der Waals surface area contributed by atoms with Crippen LogP contribution in [0, 0.1) is 23.7 Å². The summed E-state index contributed by atoms with van der Waals surface area (Å²) in [6, 6.07) is 4.98. The number of carbonyl (C=O) groups is 8. The molecule has 6 amide bonds. The molecule has 78 heavy (non-hydrogen) atoms. The fraction of sp³-hybridized carbons (Fsp3) is 0.655. The van der Waals surface area contributed by atoms with Gasteiger partial charge in [-0.1, -0.05) is 89.5 Å². The number of carbonyl (C=O) groups excluding carboxylic acids is 8. The minimum Gasteiger partial charge on any atom is -0.445 e. The van der Waals surface area contributed by atoms with E-state index in [2.05, 4.69) is 39.6 Å². The standard InChI is InChI=1S/C58H88N6O13S/c1-36(2)17-26-52(69)63-47-28-39(6)49(76-40(47)7)24-18-38(5)19-25-50-54(70)58(35-75-58)31-46(77-50)30-45(66)32-61-57(73)74-33-41-20-22-43(23-21-41)62-55(71)42(14-13-27-60-56(59)72)29-48(67)53(37(3)4)64-51(68)16-12-10-9-11-15-44(65)34-78-8/h17-23,25-26,36-37,39-40,42,46-47,49-50,53-54,70H,9-16,24,27-35H2,1-8H3,(H,61,73)(H,62,71)(H,63,69)(H,64,68)(H3,59,60,72)/b25-19+,26-17-,38-18+/t39-,40+,42+,46+,47+,49-,50+,53-,54+,58+/m0/s1. The van der Waals surface area contributed by atoms with Crippen molar-refractivity contribution in [2.75, 3.05) is 37.0 Å². The maximum Gasteiger partial charge on any atom is 0.407 e. The van der Waals surface area contributed by atoms with Crippen LogP contribution in [0.5, 0.6) is 0 Å². The first-order valence-corrected chi connectivity index (χ1v) is 29.1. The van der Waals surface area contributed by atoms with Gasteiger partial charge in [0.05, 0.1) is 49.3 Å². The number of anilines is 1. The molecule has 1 aromatic carbocycles. The van der Waals surface area contributed by atoms with E-state index in [0.29, 0.717) is 55.7 Å². The van der Waals surface area contributed by atoms with Crippen LogP contribution in [-0.2, 0) is 54.3 Å². The van der Waals surface area contributed by atoms with E-state index in [1.54, 1.807) is 36.4 Å². The fourth-order valence-electron chi connectivity index (χ4n) is 9.58. The summed E-state index contributed by atoms with van der Waals surface area (Å²) < 4.78 is 23.6. The number of rotatable bonds is 33. The first-order chi connectivity index (χ1) is 37.1. The molecule has 8 N–H and O–H groups in total. The van der Waals surface area contributed by atoms with Crippen LogP contribution in [0.15, 0.2) is 60.2 Å². The zero-order valence-corrected chi connectivity index (χ0v) is 47.9. The van der Waals surface area contributed by atoms with E-state index >= 15 is 0 Å². The largest absolute Gasteiger partial charge is 0.445 e. The summed E-state index contributed by atoms with van der Waals surface area (Å²) in [6.45, 7) is 13.9. The molecule has 0 aliphatic carbocycles. The van der Waals surface area contributed by atoms with E-state index in [-0.39, 0.29) is 111 Å². The number of urea groups is 1. The average Bonchev–Trinajstić information content (AvgIpc) is 4.27. The molecule has 19 nitrogen and oxygen atoms in total. The molecule has 0 radical (unpaired) electrons. The van der Waals surface area contributed by atoms with E-state index in [4.69, 9.17) is 24.7 Å². The molecule has 3 heterocycles. The van der Waals surface area contributed by atoms with Crippen molar-refractivity contribution in [3.05, 3.63) is 65.8 Å². The number of primary amides is 1. The number of nitrogens with one attached hydrogen (secondary N) is 5. The quantitative estimate of drug-likeness (QED) is 0.0163. The van der Waals surface area contributed by atoms with Gasteiger partial charge in [0.2, 0.25) is 17.7 Å². The topological polar surface area (TPSA) is 283 Å². The predicted molar refractivity (Wildman–Crippen MR) is 300 cm³/mol. The number of thioether (sulfide) groups is 1. The van der Waals surface area contributed by atoms with Crippen molar-refractivity contribution < 1.29 is 62.4 Å². The Morgan fingerprint density at radius 3 is 2.28 bits per heavy atom. The molecule has 0 unspecified atom stereocenters. The molecular formula is C58H88N6O13S. The number of amides is 6. The lowest BCUT2D eigenvalue weighted by Crippen LogP contribution is -2.50. The highest BCUT2D eigenvalue weighted by Crippen LogP contribution is 2.43. The summed E-state index contributed by atoms with van der Waals surface area (Å²) >= 11 is 1.51. The highest BCUT2D eigenvalue weighted by atomic mass is 32.2. The summed E-state index contributed by atoms with van der Waals surface area (Å²) in [6.07, 6.45) is 13.9. The number of ketones is 3. The third kappa shape index (κ3) is 23.5. The molecule has 3 fully saturated rings. The molecule has 434 valence electrons. The molecule has 0 bridgehead atoms. The van der Waals surface area contributed by atoms with Gasteiger partial charge < -0.3 is 56.4 Å². The average molecular weight is 1110 g/mol. The molecule has 3 aliphatic rings. The Morgan fingerprint density at radius 1 is 0.923 bits per heavy atom. The van der Waals surface area contributed by atoms with E-state index in [0.717, 1.165) is 31.3 Å². The van der Waals surface area contributed by atoms with Crippen LogP contribution >= 0.6 is 11.8 Å². The smallest absolute Gasteiger partial charge is 0.407 e. The van der Waals surface area contributed by atoms with Gasteiger partial charge in [0, 0.05) is 50.3 Å². The summed E-state index contributed by atoms with van der Waals surface area (Å²) in [7, 11) is 0. The van der Waals surface area contributed by atoms with E-state index in [9.17, 15) is 43.5 Å². The molecule has 1 spiro atoms. The predicted octanol–water partition coefficient (Wildman–Crippen LogP) is 6.94. The number of Topliss-reactive ketones (excluding diaryl/α,β-unsaturated/α-hetero) is 3. The highest BCUT2D eigenvalue weighted by molar-refractivity contribution is 7.99. The minimum absolute atomic E-state index is 0.0196. The number of hydrogen-bond acceptors (Lipinski definition) is 14. The summed E-state index contributed by atoms with van der Waals surface area (Å²) in [5, 5.41) is 25.0. The van der Waals surface area contributed by atoms with E-state index in [1.807, 2.05) is 60.0 Å². The van der Waals surface area contributed by atoms with E-state index < -0.39 is 53.9 Å². The van der Waals surface area contributed by atoms with Gasteiger partial charge in [-0.25, -0.2) is 9.59 Å². The van der Waals surface area contributed by atoms with Gasteiger partial charge in [-0.05, 0) is 100 Å². The zero-order valence-electron chi connectivity index (χ0n) is 47.1. The van der Waals surface area contributed by atoms with Gasteiger partial charge >= 0.3 is 12.1 Å². The number of alkyl carbamates (subject to hydrolysis) is 1. The number of hydrogen-bond donors (Lipinski definition) is 7. The number of aliphatic hydroxyl groups is 1. The Balaban J connectivity index is 1.21. The van der Waals surface area contributed by atoms with Gasteiger partial charge in [0.15, 0.2) is 11.6 Å². The molecule has 3 aliphatic heterocycles. The highest BCUT2D eigenvalue weighted by Gasteiger charge is 2.58. The molecule has 10 atom stereocenters. The van der Waals surface area contributed by atoms with Crippen LogP contribution < -0.4 is 32.3 Å². The Labute approximate surface area is 465 Å². The van der Waals surface area contributed by atoms with Crippen LogP contribution in [0.4, 0.5) is 15.3 Å². The van der Waals surface area contributed by atoms with Gasteiger partial charge in [-0.2, -0.15) is 11.8 Å². The third-order valence-corrected chi connectivity index (χ3v) is 14.9. The number of ether oxygens (including phenoxy) is 4. The lowest BCUT2D eigenvalue weighted by Gasteiger charge is -2.39. The Bertz CT molecular complexity index is 2250. The second-order valence-electron chi connectivity index (χ2n) is 21.9. The first-order valence-electron chi connectivity index (χ1n) is 27.7. The molecule has 3 saturated heterocycles. The first kappa shape index (κ1) is 65.1. The van der Waals surface area contributed by atoms with Crippen LogP contribution in [0.25, 0.3) is 0 Å². The molecular weight excluding hydrogens is 1020 g/mol. The lowest BCUT2D eigenvalue weighted by atomic mass is 9.87. The maximum atomic E-state index is 13.7. The molecule has 20 heteroatoms. The molecule has 0 saturated carbocycles. The second-order valence-corrected chi connectivity index (χ2v) is 22.8. The number of nitrogens with two attached hydrogens (primary N) is 1. The fourth-order valence-corrected chi connectivity index (χ4v) is 10.0. The van der Waals surface area contributed by atoms with Crippen molar-refractivity contribution >= 4 is 64.6 Å². The summed E-state index contributed by atoms with van der Waals surface area (Å²) in [4.78, 5) is 101. The Hall–Kier alpha value is -5.41. The van der Waals surface area contributed by atoms with Crippen LogP contribution in [0.1, 0.15) is 138 Å². The lowest BCUT2D eigenvalue weighted by molar-refractivity contribution is -0.143. The number of aliphatic hydroxyl groups excluding tert-OH is 1.